The number of nitro groups is 1. The van der Waals surface area contributed by atoms with Gasteiger partial charge in [-0.1, -0.05) is 6.07 Å². The first kappa shape index (κ1) is 16.2. The number of thiophene rings is 1. The quantitative estimate of drug-likeness (QED) is 0.439. The zero-order valence-electron chi connectivity index (χ0n) is 12.5. The highest BCUT2D eigenvalue weighted by Crippen LogP contribution is 2.16. The standard InChI is InChI=1S/C16H9N5O3S/c17-9-10-8-13(15(22)14-2-1-7-25-14)19-20(16(10)18)11-3-5-12(6-4-11)21(23)24/h1-8,18H. The molecule has 122 valence electrons. The fourth-order valence-electron chi connectivity index (χ4n) is 2.14. The van der Waals surface area contributed by atoms with Crippen LogP contribution in [0.5, 0.6) is 0 Å². The molecule has 8 nitrogen and oxygen atoms in total. The molecular formula is C16H9N5O3S. The number of hydrogen-bond acceptors (Lipinski definition) is 7. The normalized spacial score (nSPS) is 10.2. The second-order valence-corrected chi connectivity index (χ2v) is 5.84. The molecule has 0 radical (unpaired) electrons. The number of rotatable bonds is 4. The Balaban J connectivity index is 2.14. The van der Waals surface area contributed by atoms with E-state index in [-0.39, 0.29) is 28.2 Å². The molecule has 0 atom stereocenters. The van der Waals surface area contributed by atoms with E-state index in [9.17, 15) is 20.2 Å². The fraction of sp³-hybridized carbons (Fsp3) is 0. The number of carbonyl (C=O) groups is 1. The van der Waals surface area contributed by atoms with Crippen molar-refractivity contribution in [2.45, 2.75) is 0 Å². The highest BCUT2D eigenvalue weighted by atomic mass is 32.1. The summed E-state index contributed by atoms with van der Waals surface area (Å²) in [6, 6.07) is 11.9. The van der Waals surface area contributed by atoms with Gasteiger partial charge in [-0.2, -0.15) is 10.4 Å². The van der Waals surface area contributed by atoms with E-state index in [1.807, 2.05) is 6.07 Å². The van der Waals surface area contributed by atoms with Crippen LogP contribution >= 0.6 is 11.3 Å². The summed E-state index contributed by atoms with van der Waals surface area (Å²) in [4.78, 5) is 23.2. The van der Waals surface area contributed by atoms with Crippen LogP contribution in [-0.4, -0.2) is 20.5 Å². The maximum absolute atomic E-state index is 12.5. The van der Waals surface area contributed by atoms with Crippen LogP contribution in [0.4, 0.5) is 5.69 Å². The van der Waals surface area contributed by atoms with E-state index in [2.05, 4.69) is 5.10 Å². The Kier molecular flexibility index (Phi) is 4.20. The van der Waals surface area contributed by atoms with Gasteiger partial charge < -0.3 is 0 Å². The molecule has 1 aromatic carbocycles. The largest absolute Gasteiger partial charge is 0.286 e. The summed E-state index contributed by atoms with van der Waals surface area (Å²) < 4.78 is 1.11. The Morgan fingerprint density at radius 1 is 1.32 bits per heavy atom. The summed E-state index contributed by atoms with van der Waals surface area (Å²) in [5.41, 5.74) is 0.0239. The molecule has 0 saturated heterocycles. The maximum atomic E-state index is 12.5. The predicted molar refractivity (Wildman–Crippen MR) is 88.5 cm³/mol. The van der Waals surface area contributed by atoms with Crippen LogP contribution in [-0.2, 0) is 0 Å². The minimum atomic E-state index is -0.541. The molecule has 0 amide bonds. The average Bonchev–Trinajstić information content (AvgIpc) is 3.16. The van der Waals surface area contributed by atoms with Crippen LogP contribution in [0.2, 0.25) is 0 Å². The lowest BCUT2D eigenvalue weighted by atomic mass is 10.2. The van der Waals surface area contributed by atoms with Crippen LogP contribution in [0.15, 0.2) is 47.8 Å². The van der Waals surface area contributed by atoms with E-state index in [0.717, 1.165) is 4.68 Å². The number of ketones is 1. The third-order valence-corrected chi connectivity index (χ3v) is 4.23. The van der Waals surface area contributed by atoms with Gasteiger partial charge in [0.15, 0.2) is 5.49 Å². The fourth-order valence-corrected chi connectivity index (χ4v) is 2.81. The second kappa shape index (κ2) is 6.46. The first-order valence-electron chi connectivity index (χ1n) is 6.93. The molecule has 0 aliphatic rings. The lowest BCUT2D eigenvalue weighted by molar-refractivity contribution is -0.384. The summed E-state index contributed by atoms with van der Waals surface area (Å²) >= 11 is 1.25. The van der Waals surface area contributed by atoms with Gasteiger partial charge in [0.25, 0.3) is 5.69 Å². The summed E-state index contributed by atoms with van der Waals surface area (Å²) in [7, 11) is 0. The lowest BCUT2D eigenvalue weighted by Gasteiger charge is -2.08. The van der Waals surface area contributed by atoms with Gasteiger partial charge in [-0.15, -0.1) is 11.3 Å². The highest BCUT2D eigenvalue weighted by Gasteiger charge is 2.16. The van der Waals surface area contributed by atoms with Gasteiger partial charge in [0, 0.05) is 12.1 Å². The number of non-ortho nitro benzene ring substituents is 1. The lowest BCUT2D eigenvalue weighted by Crippen LogP contribution is -2.26. The highest BCUT2D eigenvalue weighted by molar-refractivity contribution is 7.12. The van der Waals surface area contributed by atoms with Gasteiger partial charge in [0.05, 0.1) is 21.1 Å². The number of aromatic nitrogens is 2. The SMILES string of the molecule is N#Cc1cc(C(=O)c2cccs2)nn(-c2ccc([N+](=O)[O-])cc2)c1=N. The molecule has 0 saturated carbocycles. The molecule has 9 heteroatoms. The van der Waals surface area contributed by atoms with Gasteiger partial charge >= 0.3 is 0 Å². The van der Waals surface area contributed by atoms with Gasteiger partial charge in [-0.25, -0.2) is 4.68 Å². The molecule has 0 aliphatic heterocycles. The third-order valence-electron chi connectivity index (χ3n) is 3.36. The molecule has 2 heterocycles. The number of nitrogens with one attached hydrogen (secondary N) is 1. The average molecular weight is 351 g/mol. The molecule has 25 heavy (non-hydrogen) atoms. The molecule has 3 aromatic rings. The van der Waals surface area contributed by atoms with Crippen LogP contribution in [0.3, 0.4) is 0 Å². The number of nitro benzene ring substituents is 1. The van der Waals surface area contributed by atoms with Crippen LogP contribution in [0.1, 0.15) is 20.9 Å². The molecule has 2 aromatic heterocycles. The number of benzene rings is 1. The number of hydrogen-bond donors (Lipinski definition) is 1. The third kappa shape index (κ3) is 3.06. The number of nitriles is 1. The summed E-state index contributed by atoms with van der Waals surface area (Å²) in [6.45, 7) is 0. The molecule has 0 aliphatic carbocycles. The molecule has 0 unspecified atom stereocenters. The first-order valence-corrected chi connectivity index (χ1v) is 7.81. The summed E-state index contributed by atoms with van der Waals surface area (Å²) in [6.07, 6.45) is 0. The van der Waals surface area contributed by atoms with Crippen molar-refractivity contribution in [3.05, 3.63) is 79.6 Å². The molecule has 3 rings (SSSR count). The summed E-state index contributed by atoms with van der Waals surface area (Å²) in [5, 5.41) is 34.0. The van der Waals surface area contributed by atoms with E-state index in [1.165, 1.54) is 41.7 Å². The summed E-state index contributed by atoms with van der Waals surface area (Å²) in [5.74, 6) is -0.359. The van der Waals surface area contributed by atoms with E-state index >= 15 is 0 Å². The predicted octanol–water partition coefficient (Wildman–Crippen LogP) is 2.42. The smallest absolute Gasteiger partial charge is 0.269 e. The van der Waals surface area contributed by atoms with Crippen molar-refractivity contribution >= 4 is 22.8 Å². The monoisotopic (exact) mass is 351 g/mol. The minimum Gasteiger partial charge on any atom is -0.286 e. The van der Waals surface area contributed by atoms with Crippen molar-refractivity contribution in [2.75, 3.05) is 0 Å². The number of carbonyl (C=O) groups excluding carboxylic acids is 1. The van der Waals surface area contributed by atoms with Gasteiger partial charge in [0.1, 0.15) is 11.8 Å². The van der Waals surface area contributed by atoms with E-state index in [0.29, 0.717) is 10.6 Å². The second-order valence-electron chi connectivity index (χ2n) is 4.90. The Labute approximate surface area is 144 Å². The maximum Gasteiger partial charge on any atom is 0.269 e. The van der Waals surface area contributed by atoms with Crippen molar-refractivity contribution in [1.82, 2.24) is 9.78 Å². The van der Waals surface area contributed by atoms with Crippen molar-refractivity contribution in [3.63, 3.8) is 0 Å². The Morgan fingerprint density at radius 2 is 2.04 bits per heavy atom. The molecule has 0 bridgehead atoms. The zero-order chi connectivity index (χ0) is 18.0. The van der Waals surface area contributed by atoms with E-state index < -0.39 is 4.92 Å². The van der Waals surface area contributed by atoms with Crippen molar-refractivity contribution in [1.29, 1.82) is 10.7 Å². The molecular weight excluding hydrogens is 342 g/mol. The first-order chi connectivity index (χ1) is 12.0. The van der Waals surface area contributed by atoms with E-state index in [1.54, 1.807) is 17.5 Å². The molecule has 1 N–H and O–H groups in total. The van der Waals surface area contributed by atoms with Gasteiger partial charge in [-0.3, -0.25) is 20.3 Å². The van der Waals surface area contributed by atoms with Crippen molar-refractivity contribution < 1.29 is 9.72 Å². The Bertz CT molecular complexity index is 1060. The molecule has 0 fully saturated rings. The van der Waals surface area contributed by atoms with Crippen LogP contribution in [0, 0.1) is 26.9 Å². The topological polar surface area (TPSA) is 126 Å². The van der Waals surface area contributed by atoms with Crippen LogP contribution < -0.4 is 5.49 Å². The van der Waals surface area contributed by atoms with Crippen LogP contribution in [0.25, 0.3) is 5.69 Å². The Morgan fingerprint density at radius 3 is 2.60 bits per heavy atom. The van der Waals surface area contributed by atoms with Crippen molar-refractivity contribution in [3.8, 4) is 11.8 Å². The Hall–Kier alpha value is -3.64. The van der Waals surface area contributed by atoms with Gasteiger partial charge in [0.2, 0.25) is 5.78 Å². The number of nitrogens with zero attached hydrogens (tertiary/aromatic N) is 4. The van der Waals surface area contributed by atoms with Crippen molar-refractivity contribution in [2.24, 2.45) is 0 Å². The minimum absolute atomic E-state index is 0.0201. The van der Waals surface area contributed by atoms with Gasteiger partial charge in [-0.05, 0) is 29.6 Å². The zero-order valence-corrected chi connectivity index (χ0v) is 13.4. The molecule has 0 spiro atoms. The van der Waals surface area contributed by atoms with E-state index in [4.69, 9.17) is 5.41 Å².